The molecular formula is C68H36N4. The van der Waals surface area contributed by atoms with Gasteiger partial charge in [-0.25, -0.2) is 0 Å². The van der Waals surface area contributed by atoms with E-state index < -0.39 is 0 Å². The maximum Gasteiger partial charge on any atom is 0.0791 e. The highest BCUT2D eigenvalue weighted by Gasteiger charge is 2.31. The molecule has 0 spiro atoms. The first-order chi connectivity index (χ1) is 35.8. The molecule has 12 aromatic carbocycles. The molecule has 0 atom stereocenters. The van der Waals surface area contributed by atoms with Crippen LogP contribution >= 0.6 is 0 Å². The zero-order valence-electron chi connectivity index (χ0n) is 38.6. The van der Waals surface area contributed by atoms with Gasteiger partial charge in [-0.15, -0.1) is 0 Å². The average Bonchev–Trinajstić information content (AvgIpc) is 4.29. The Morgan fingerprint density at radius 1 is 0.181 bits per heavy atom. The molecule has 0 aliphatic rings. The van der Waals surface area contributed by atoms with Crippen LogP contribution in [-0.2, 0) is 0 Å². The number of hydrogen-bond acceptors (Lipinski definition) is 0. The molecule has 19 rings (SSSR count). The largest absolute Gasteiger partial charge is 0.308 e. The lowest BCUT2D eigenvalue weighted by atomic mass is 9.93. The Balaban J connectivity index is 1.19. The van der Waals surface area contributed by atoms with Crippen LogP contribution in [0.2, 0.25) is 0 Å². The average molecular weight is 909 g/mol. The minimum absolute atomic E-state index is 1.20. The minimum Gasteiger partial charge on any atom is -0.308 e. The van der Waals surface area contributed by atoms with Gasteiger partial charge >= 0.3 is 0 Å². The first-order valence-electron chi connectivity index (χ1n) is 25.1. The minimum atomic E-state index is 1.20. The lowest BCUT2D eigenvalue weighted by Gasteiger charge is -2.14. The predicted octanol–water partition coefficient (Wildman–Crippen LogP) is 18.2. The van der Waals surface area contributed by atoms with Crippen molar-refractivity contribution in [2.45, 2.75) is 0 Å². The van der Waals surface area contributed by atoms with Crippen molar-refractivity contribution in [3.8, 4) is 22.3 Å². The zero-order valence-corrected chi connectivity index (χ0v) is 38.6. The third-order valence-corrected chi connectivity index (χ3v) is 17.1. The van der Waals surface area contributed by atoms with Gasteiger partial charge in [0, 0.05) is 64.6 Å². The van der Waals surface area contributed by atoms with Gasteiger partial charge in [0.05, 0.1) is 66.2 Å². The van der Waals surface area contributed by atoms with Crippen LogP contribution in [0.25, 0.3) is 175 Å². The van der Waals surface area contributed by atoms with Gasteiger partial charge in [-0.1, -0.05) is 182 Å². The quantitative estimate of drug-likeness (QED) is 0.154. The molecule has 19 aromatic rings. The van der Waals surface area contributed by atoms with Crippen LogP contribution < -0.4 is 0 Å². The van der Waals surface area contributed by atoms with Crippen molar-refractivity contribution >= 4 is 152 Å². The Kier molecular flexibility index (Phi) is 6.25. The van der Waals surface area contributed by atoms with E-state index in [4.69, 9.17) is 0 Å². The fourth-order valence-corrected chi connectivity index (χ4v) is 14.5. The van der Waals surface area contributed by atoms with Gasteiger partial charge in [0.2, 0.25) is 0 Å². The SMILES string of the molecule is c1ccc(-c2cc3c(c4ccccc24)c2c4c5cccc6c7ccccc7n(c4cc4c2n3c2cc3c(c7cccc8c9ccccc9n3c87)c3c7c8ccccc8c(-c8ccccc8)cc7n4c32)c65)cc1. The summed E-state index contributed by atoms with van der Waals surface area (Å²) >= 11 is 0. The Morgan fingerprint density at radius 3 is 0.944 bits per heavy atom. The molecule has 0 fully saturated rings. The van der Waals surface area contributed by atoms with Crippen LogP contribution in [0.1, 0.15) is 0 Å². The molecule has 0 aliphatic heterocycles. The molecule has 72 heavy (non-hydrogen) atoms. The van der Waals surface area contributed by atoms with Crippen molar-refractivity contribution in [3.05, 3.63) is 218 Å². The number of aromatic nitrogens is 4. The summed E-state index contributed by atoms with van der Waals surface area (Å²) in [6, 6.07) is 82.5. The first-order valence-corrected chi connectivity index (χ1v) is 25.1. The molecule has 7 aromatic heterocycles. The molecule has 4 nitrogen and oxygen atoms in total. The number of rotatable bonds is 2. The van der Waals surface area contributed by atoms with Gasteiger partial charge in [-0.3, -0.25) is 0 Å². The van der Waals surface area contributed by atoms with Crippen LogP contribution in [0.4, 0.5) is 0 Å². The van der Waals surface area contributed by atoms with Crippen molar-refractivity contribution in [3.63, 3.8) is 0 Å². The van der Waals surface area contributed by atoms with Crippen LogP contribution in [0.15, 0.2) is 218 Å². The predicted molar refractivity (Wildman–Crippen MR) is 305 cm³/mol. The molecule has 0 bridgehead atoms. The van der Waals surface area contributed by atoms with Crippen LogP contribution in [0.3, 0.4) is 0 Å². The molecule has 0 saturated heterocycles. The van der Waals surface area contributed by atoms with Crippen LogP contribution in [-0.4, -0.2) is 17.6 Å². The second-order valence-corrected chi connectivity index (χ2v) is 20.3. The van der Waals surface area contributed by atoms with Gasteiger partial charge in [-0.2, -0.15) is 0 Å². The van der Waals surface area contributed by atoms with E-state index in [1.807, 2.05) is 0 Å². The Hall–Kier alpha value is -9.64. The van der Waals surface area contributed by atoms with Gasteiger partial charge in [0.15, 0.2) is 0 Å². The topological polar surface area (TPSA) is 17.6 Å². The Morgan fingerprint density at radius 2 is 0.500 bits per heavy atom. The molecule has 0 unspecified atom stereocenters. The Bertz CT molecular complexity index is 5260. The standard InChI is InChI=1S/C68H36N4/c1-3-17-37(18-4-1)49-33-53-59(43-25-9-7-21-39(43)49)63-61-47-29-15-27-45-41-23-12-14-32-52(41)70(65(45)47)56(61)36-58-67(63)71(53)57-35-55-62(48-30-16-28-46-42-24-11-13-31-51(42)69(55)66(46)48)64-60-44-26-10-8-22-40(44)50(38-19-5-2-6-20-38)34-54(60)72(58)68(57)64/h1-36H. The maximum absolute atomic E-state index is 2.69. The summed E-state index contributed by atoms with van der Waals surface area (Å²) in [5, 5.41) is 20.6. The summed E-state index contributed by atoms with van der Waals surface area (Å²) in [5.41, 5.74) is 19.7. The van der Waals surface area contributed by atoms with Gasteiger partial charge < -0.3 is 17.6 Å². The maximum atomic E-state index is 2.69. The van der Waals surface area contributed by atoms with Crippen molar-refractivity contribution in [1.82, 2.24) is 17.6 Å². The van der Waals surface area contributed by atoms with Crippen molar-refractivity contribution in [1.29, 1.82) is 0 Å². The number of hydrogen-bond donors (Lipinski definition) is 0. The van der Waals surface area contributed by atoms with Crippen LogP contribution in [0.5, 0.6) is 0 Å². The van der Waals surface area contributed by atoms with E-state index >= 15 is 0 Å². The Labute approximate surface area is 408 Å². The number of benzene rings is 12. The zero-order chi connectivity index (χ0) is 46.2. The van der Waals surface area contributed by atoms with Crippen molar-refractivity contribution < 1.29 is 0 Å². The second kappa shape index (κ2) is 12.4. The van der Waals surface area contributed by atoms with Crippen molar-refractivity contribution in [2.75, 3.05) is 0 Å². The number of para-hydroxylation sites is 4. The summed E-state index contributed by atoms with van der Waals surface area (Å²) in [6.07, 6.45) is 0. The van der Waals surface area contributed by atoms with E-state index in [1.54, 1.807) is 0 Å². The van der Waals surface area contributed by atoms with E-state index in [-0.39, 0.29) is 0 Å². The van der Waals surface area contributed by atoms with Gasteiger partial charge in [0.1, 0.15) is 0 Å². The smallest absolute Gasteiger partial charge is 0.0791 e. The third-order valence-electron chi connectivity index (χ3n) is 17.1. The van der Waals surface area contributed by atoms with Gasteiger partial charge in [0.25, 0.3) is 0 Å². The van der Waals surface area contributed by atoms with Crippen LogP contribution in [0, 0.1) is 0 Å². The number of fused-ring (bicyclic) bond motifs is 26. The highest BCUT2D eigenvalue weighted by molar-refractivity contribution is 6.43. The highest BCUT2D eigenvalue weighted by Crippen LogP contribution is 2.54. The molecular weight excluding hydrogens is 873 g/mol. The molecule has 0 aliphatic carbocycles. The molecule has 0 N–H and O–H groups in total. The fourth-order valence-electron chi connectivity index (χ4n) is 14.5. The molecule has 0 saturated carbocycles. The normalized spacial score (nSPS) is 13.0. The summed E-state index contributed by atoms with van der Waals surface area (Å²) in [5.74, 6) is 0. The lowest BCUT2D eigenvalue weighted by Crippen LogP contribution is -1.98. The highest BCUT2D eigenvalue weighted by atomic mass is 15.0. The summed E-state index contributed by atoms with van der Waals surface area (Å²) in [4.78, 5) is 0. The molecule has 328 valence electrons. The molecule has 0 radical (unpaired) electrons. The van der Waals surface area contributed by atoms with E-state index in [9.17, 15) is 0 Å². The van der Waals surface area contributed by atoms with E-state index in [0.29, 0.717) is 0 Å². The lowest BCUT2D eigenvalue weighted by molar-refractivity contribution is 1.26. The molecule has 7 heterocycles. The monoisotopic (exact) mass is 908 g/mol. The summed E-state index contributed by atoms with van der Waals surface area (Å²) < 4.78 is 10.6. The van der Waals surface area contributed by atoms with E-state index in [2.05, 4.69) is 236 Å². The summed E-state index contributed by atoms with van der Waals surface area (Å²) in [6.45, 7) is 0. The number of nitrogens with zero attached hydrogens (tertiary/aromatic N) is 4. The fraction of sp³-hybridized carbons (Fsp3) is 0. The third kappa shape index (κ3) is 4.01. The molecule has 4 heteroatoms. The summed E-state index contributed by atoms with van der Waals surface area (Å²) in [7, 11) is 0. The van der Waals surface area contributed by atoms with E-state index in [0.717, 1.165) is 0 Å². The molecule has 0 amide bonds. The van der Waals surface area contributed by atoms with Crippen molar-refractivity contribution in [2.24, 2.45) is 0 Å². The first kappa shape index (κ1) is 36.4. The van der Waals surface area contributed by atoms with Gasteiger partial charge in [-0.05, 0) is 80.2 Å². The van der Waals surface area contributed by atoms with E-state index in [1.165, 1.54) is 175 Å². The second-order valence-electron chi connectivity index (χ2n) is 20.3.